The van der Waals surface area contributed by atoms with Gasteiger partial charge in [0.25, 0.3) is 5.91 Å². The highest BCUT2D eigenvalue weighted by atomic mass is 32.2. The number of alkyl halides is 2. The number of amides is 1. The number of carbonyl (C=O) groups excluding carboxylic acids is 1. The molecule has 3 atom stereocenters. The molecule has 1 aliphatic carbocycles. The van der Waals surface area contributed by atoms with Crippen LogP contribution in [0.4, 0.5) is 14.6 Å². The van der Waals surface area contributed by atoms with Gasteiger partial charge in [0.05, 0.1) is 23.9 Å². The molecule has 1 N–H and O–H groups in total. The number of carbonyl (C=O) groups is 1. The minimum atomic E-state index is -3.42. The molecule has 34 heavy (non-hydrogen) atoms. The summed E-state index contributed by atoms with van der Waals surface area (Å²) in [4.78, 5) is 21.4. The SMILES string of the molecule is CCOCCOc1cnc(NC(=O)/C(=C/[C@H]2C[C@@H](F)[C@@H](F)C2)c2ccc(S(C)(=O)=O)cc2)cn1. The number of benzene rings is 1. The molecule has 184 valence electrons. The number of hydrogen-bond donors (Lipinski definition) is 1. The molecule has 1 amide bonds. The molecule has 1 saturated carbocycles. The van der Waals surface area contributed by atoms with Gasteiger partial charge in [0.15, 0.2) is 15.7 Å². The van der Waals surface area contributed by atoms with E-state index < -0.39 is 34.0 Å². The van der Waals surface area contributed by atoms with E-state index in [0.29, 0.717) is 25.4 Å². The van der Waals surface area contributed by atoms with Crippen LogP contribution < -0.4 is 10.1 Å². The lowest BCUT2D eigenvalue weighted by Crippen LogP contribution is -2.16. The molecule has 8 nitrogen and oxygen atoms in total. The third-order valence-electron chi connectivity index (χ3n) is 5.24. The molecule has 0 saturated heterocycles. The van der Waals surface area contributed by atoms with E-state index in [9.17, 15) is 22.0 Å². The molecule has 1 heterocycles. The molecule has 0 aliphatic heterocycles. The molecule has 1 aromatic carbocycles. The number of sulfone groups is 1. The zero-order valence-corrected chi connectivity index (χ0v) is 19.7. The minimum Gasteiger partial charge on any atom is -0.474 e. The van der Waals surface area contributed by atoms with Crippen molar-refractivity contribution in [2.24, 2.45) is 5.92 Å². The largest absolute Gasteiger partial charge is 0.474 e. The minimum absolute atomic E-state index is 0.0348. The Labute approximate surface area is 197 Å². The van der Waals surface area contributed by atoms with Crippen molar-refractivity contribution < 1.29 is 31.5 Å². The average molecular weight is 496 g/mol. The maximum Gasteiger partial charge on any atom is 0.257 e. The first kappa shape index (κ1) is 25.7. The Morgan fingerprint density at radius 2 is 1.79 bits per heavy atom. The number of hydrogen-bond acceptors (Lipinski definition) is 7. The van der Waals surface area contributed by atoms with Crippen molar-refractivity contribution in [2.45, 2.75) is 37.0 Å². The van der Waals surface area contributed by atoms with Gasteiger partial charge in [0.2, 0.25) is 5.88 Å². The van der Waals surface area contributed by atoms with Crippen LogP contribution >= 0.6 is 0 Å². The van der Waals surface area contributed by atoms with E-state index in [0.717, 1.165) is 6.26 Å². The van der Waals surface area contributed by atoms with Crippen molar-refractivity contribution in [2.75, 3.05) is 31.4 Å². The van der Waals surface area contributed by atoms with Crippen LogP contribution in [0.25, 0.3) is 5.57 Å². The maximum absolute atomic E-state index is 13.7. The van der Waals surface area contributed by atoms with E-state index in [1.54, 1.807) is 0 Å². The molecule has 3 rings (SSSR count). The van der Waals surface area contributed by atoms with E-state index in [-0.39, 0.29) is 35.0 Å². The summed E-state index contributed by atoms with van der Waals surface area (Å²) >= 11 is 0. The van der Waals surface area contributed by atoms with E-state index in [4.69, 9.17) is 9.47 Å². The lowest BCUT2D eigenvalue weighted by molar-refractivity contribution is -0.111. The summed E-state index contributed by atoms with van der Waals surface area (Å²) < 4.78 is 61.5. The van der Waals surface area contributed by atoms with Crippen LogP contribution in [0.15, 0.2) is 47.6 Å². The van der Waals surface area contributed by atoms with Crippen molar-refractivity contribution in [3.8, 4) is 5.88 Å². The number of nitrogens with one attached hydrogen (secondary N) is 1. The van der Waals surface area contributed by atoms with Gasteiger partial charge in [-0.05, 0) is 43.4 Å². The fourth-order valence-electron chi connectivity index (χ4n) is 3.51. The van der Waals surface area contributed by atoms with Crippen LogP contribution in [-0.4, -0.2) is 62.7 Å². The second-order valence-electron chi connectivity index (χ2n) is 7.88. The van der Waals surface area contributed by atoms with Crippen LogP contribution in [-0.2, 0) is 19.4 Å². The summed E-state index contributed by atoms with van der Waals surface area (Å²) in [5, 5.41) is 2.62. The number of ether oxygens (including phenoxy) is 2. The summed E-state index contributed by atoms with van der Waals surface area (Å²) in [7, 11) is -3.42. The Morgan fingerprint density at radius 3 is 2.35 bits per heavy atom. The van der Waals surface area contributed by atoms with Crippen molar-refractivity contribution >= 4 is 27.1 Å². The van der Waals surface area contributed by atoms with Crippen molar-refractivity contribution in [1.29, 1.82) is 0 Å². The summed E-state index contributed by atoms with van der Waals surface area (Å²) in [5.41, 5.74) is 0.566. The van der Waals surface area contributed by atoms with Gasteiger partial charge in [-0.25, -0.2) is 27.2 Å². The summed E-state index contributed by atoms with van der Waals surface area (Å²) in [6.07, 6.45) is 2.04. The smallest absolute Gasteiger partial charge is 0.257 e. The predicted octanol–water partition coefficient (Wildman–Crippen LogP) is 3.40. The lowest BCUT2D eigenvalue weighted by atomic mass is 9.98. The van der Waals surface area contributed by atoms with Crippen LogP contribution in [0.5, 0.6) is 5.88 Å². The Bertz CT molecular complexity index is 1100. The van der Waals surface area contributed by atoms with E-state index >= 15 is 0 Å². The highest BCUT2D eigenvalue weighted by Gasteiger charge is 2.34. The number of anilines is 1. The molecule has 11 heteroatoms. The topological polar surface area (TPSA) is 107 Å². The molecular formula is C23H27F2N3O5S. The first-order valence-corrected chi connectivity index (χ1v) is 12.7. The number of allylic oxidation sites excluding steroid dienone is 1. The monoisotopic (exact) mass is 495 g/mol. The molecule has 0 unspecified atom stereocenters. The summed E-state index contributed by atoms with van der Waals surface area (Å²) in [6, 6.07) is 5.73. The van der Waals surface area contributed by atoms with Gasteiger partial charge in [0.1, 0.15) is 19.0 Å². The van der Waals surface area contributed by atoms with Crippen LogP contribution in [0.3, 0.4) is 0 Å². The normalized spacial score (nSPS) is 20.8. The van der Waals surface area contributed by atoms with Gasteiger partial charge in [0, 0.05) is 18.4 Å². The average Bonchev–Trinajstić information content (AvgIpc) is 3.12. The van der Waals surface area contributed by atoms with Gasteiger partial charge in [-0.1, -0.05) is 18.2 Å². The van der Waals surface area contributed by atoms with Crippen LogP contribution in [0.1, 0.15) is 25.3 Å². The maximum atomic E-state index is 13.7. The highest BCUT2D eigenvalue weighted by Crippen LogP contribution is 2.34. The van der Waals surface area contributed by atoms with Gasteiger partial charge >= 0.3 is 0 Å². The Balaban J connectivity index is 1.78. The molecule has 1 aromatic heterocycles. The Morgan fingerprint density at radius 1 is 1.12 bits per heavy atom. The van der Waals surface area contributed by atoms with Gasteiger partial charge in [-0.2, -0.15) is 0 Å². The second-order valence-corrected chi connectivity index (χ2v) is 9.90. The molecule has 0 spiro atoms. The third kappa shape index (κ3) is 7.04. The Hall–Kier alpha value is -2.92. The zero-order valence-electron chi connectivity index (χ0n) is 18.9. The van der Waals surface area contributed by atoms with Gasteiger partial charge in [-0.3, -0.25) is 4.79 Å². The van der Waals surface area contributed by atoms with E-state index in [2.05, 4.69) is 15.3 Å². The molecular weight excluding hydrogens is 468 g/mol. The quantitative estimate of drug-likeness (QED) is 0.398. The van der Waals surface area contributed by atoms with Gasteiger partial charge in [-0.15, -0.1) is 0 Å². The predicted molar refractivity (Wildman–Crippen MR) is 123 cm³/mol. The summed E-state index contributed by atoms with van der Waals surface area (Å²) in [5.74, 6) is -0.630. The molecule has 1 aliphatic rings. The molecule has 0 bridgehead atoms. The summed E-state index contributed by atoms with van der Waals surface area (Å²) in [6.45, 7) is 3.16. The highest BCUT2D eigenvalue weighted by molar-refractivity contribution is 7.90. The van der Waals surface area contributed by atoms with Crippen molar-refractivity contribution in [3.63, 3.8) is 0 Å². The first-order valence-electron chi connectivity index (χ1n) is 10.8. The van der Waals surface area contributed by atoms with E-state index in [1.807, 2.05) is 6.92 Å². The number of nitrogens with zero attached hydrogens (tertiary/aromatic N) is 2. The third-order valence-corrected chi connectivity index (χ3v) is 6.37. The van der Waals surface area contributed by atoms with Crippen LogP contribution in [0.2, 0.25) is 0 Å². The number of halogens is 2. The first-order chi connectivity index (χ1) is 16.2. The van der Waals surface area contributed by atoms with Crippen molar-refractivity contribution in [3.05, 3.63) is 48.3 Å². The van der Waals surface area contributed by atoms with E-state index in [1.165, 1.54) is 42.7 Å². The second kappa shape index (κ2) is 11.5. The molecule has 1 fully saturated rings. The molecule has 2 aromatic rings. The van der Waals surface area contributed by atoms with Crippen molar-refractivity contribution in [1.82, 2.24) is 9.97 Å². The fraction of sp³-hybridized carbons (Fsp3) is 0.435. The fourth-order valence-corrected chi connectivity index (χ4v) is 4.15. The van der Waals surface area contributed by atoms with Crippen LogP contribution in [0, 0.1) is 5.92 Å². The number of aromatic nitrogens is 2. The number of rotatable bonds is 10. The van der Waals surface area contributed by atoms with Gasteiger partial charge < -0.3 is 14.8 Å². The molecule has 0 radical (unpaired) electrons. The zero-order chi connectivity index (χ0) is 24.7. The Kier molecular flexibility index (Phi) is 8.67. The standard InChI is InChI=1S/C23H27F2N3O5S/c1-3-32-8-9-33-22-14-26-21(13-27-22)28-23(29)18(10-15-11-19(24)20(25)12-15)16-4-6-17(7-5-16)34(2,30)31/h4-7,10,13-15,19-20H,3,8-9,11-12H2,1-2H3,(H,26,28,29)/b18-10+/t15-,19+,20-. The lowest BCUT2D eigenvalue weighted by Gasteiger charge is -2.12.